The molecule has 0 saturated carbocycles. The van der Waals surface area contributed by atoms with Gasteiger partial charge in [0.25, 0.3) is 0 Å². The first-order chi connectivity index (χ1) is 11.6. The van der Waals surface area contributed by atoms with E-state index in [9.17, 15) is 5.26 Å². The molecule has 2 aromatic rings. The summed E-state index contributed by atoms with van der Waals surface area (Å²) >= 11 is 3.49. The predicted octanol–water partition coefficient (Wildman–Crippen LogP) is 2.87. The molecule has 1 fully saturated rings. The number of hydrogen-bond acceptors (Lipinski definition) is 6. The van der Waals surface area contributed by atoms with E-state index in [1.54, 1.807) is 6.20 Å². The molecule has 3 rings (SSSR count). The van der Waals surface area contributed by atoms with E-state index in [2.05, 4.69) is 42.2 Å². The third-order valence-electron chi connectivity index (χ3n) is 4.00. The van der Waals surface area contributed by atoms with Gasteiger partial charge in [0, 0.05) is 43.9 Å². The monoisotopic (exact) mass is 386 g/mol. The normalized spacial score (nSPS) is 16.8. The molecule has 7 heteroatoms. The summed E-state index contributed by atoms with van der Waals surface area (Å²) in [4.78, 5) is 12.9. The van der Waals surface area contributed by atoms with Crippen molar-refractivity contribution in [3.63, 3.8) is 0 Å². The lowest BCUT2D eigenvalue weighted by Gasteiger charge is -2.21. The number of nitrogens with one attached hydrogen (secondary N) is 1. The molecule has 6 nitrogen and oxygen atoms in total. The minimum Gasteiger partial charge on any atom is -0.368 e. The largest absolute Gasteiger partial charge is 0.368 e. The van der Waals surface area contributed by atoms with Crippen molar-refractivity contribution in [1.82, 2.24) is 9.97 Å². The summed E-state index contributed by atoms with van der Waals surface area (Å²) in [5.41, 5.74) is 1.68. The maximum Gasteiger partial charge on any atom is 0.226 e. The van der Waals surface area contributed by atoms with Crippen molar-refractivity contribution >= 4 is 33.4 Å². The number of anilines is 3. The lowest BCUT2D eigenvalue weighted by molar-refractivity contribution is 0.798. The van der Waals surface area contributed by atoms with Gasteiger partial charge in [-0.3, -0.25) is 0 Å². The standard InChI is InChI=1S/C17H19BrN6/c1-23(2)17-20-7-5-16(22-17)21-14-6-8-24(11-14)15-9-13(18)4-3-12(15)10-19/h3-5,7,9,14H,6,8,11H2,1-2H3,(H,20,21,22). The Morgan fingerprint density at radius 1 is 1.38 bits per heavy atom. The van der Waals surface area contributed by atoms with Crippen LogP contribution in [0, 0.1) is 11.3 Å². The van der Waals surface area contributed by atoms with Crippen LogP contribution in [0.25, 0.3) is 0 Å². The zero-order valence-corrected chi connectivity index (χ0v) is 15.3. The molecule has 0 amide bonds. The van der Waals surface area contributed by atoms with Crippen molar-refractivity contribution in [2.24, 2.45) is 0 Å². The second kappa shape index (κ2) is 7.05. The Morgan fingerprint density at radius 3 is 2.96 bits per heavy atom. The zero-order valence-electron chi connectivity index (χ0n) is 13.7. The molecule has 0 bridgehead atoms. The Bertz CT molecular complexity index is 770. The van der Waals surface area contributed by atoms with E-state index in [1.807, 2.05) is 43.3 Å². The quantitative estimate of drug-likeness (QED) is 0.870. The van der Waals surface area contributed by atoms with Crippen LogP contribution in [0.5, 0.6) is 0 Å². The first-order valence-corrected chi connectivity index (χ1v) is 8.57. The molecule has 1 aromatic heterocycles. The third-order valence-corrected chi connectivity index (χ3v) is 4.50. The van der Waals surface area contributed by atoms with Gasteiger partial charge in [-0.25, -0.2) is 4.98 Å². The summed E-state index contributed by atoms with van der Waals surface area (Å²) in [6.45, 7) is 1.75. The van der Waals surface area contributed by atoms with Gasteiger partial charge in [-0.2, -0.15) is 10.2 Å². The molecular weight excluding hydrogens is 368 g/mol. The molecule has 2 heterocycles. The molecule has 0 spiro atoms. The fourth-order valence-electron chi connectivity index (χ4n) is 2.81. The molecule has 0 radical (unpaired) electrons. The molecule has 1 unspecified atom stereocenters. The molecule has 1 aromatic carbocycles. The second-order valence-electron chi connectivity index (χ2n) is 5.99. The molecule has 124 valence electrons. The first-order valence-electron chi connectivity index (χ1n) is 7.78. The number of nitrogens with zero attached hydrogens (tertiary/aromatic N) is 5. The van der Waals surface area contributed by atoms with Crippen LogP contribution < -0.4 is 15.1 Å². The average Bonchev–Trinajstić information content (AvgIpc) is 3.03. The molecule has 1 aliphatic heterocycles. The molecule has 1 atom stereocenters. The van der Waals surface area contributed by atoms with Gasteiger partial charge in [-0.15, -0.1) is 0 Å². The summed E-state index contributed by atoms with van der Waals surface area (Å²) in [7, 11) is 3.85. The Hall–Kier alpha value is -2.33. The highest BCUT2D eigenvalue weighted by molar-refractivity contribution is 9.10. The van der Waals surface area contributed by atoms with Crippen LogP contribution in [0.2, 0.25) is 0 Å². The number of halogens is 1. The molecule has 24 heavy (non-hydrogen) atoms. The number of aromatic nitrogens is 2. The highest BCUT2D eigenvalue weighted by Crippen LogP contribution is 2.28. The van der Waals surface area contributed by atoms with Crippen LogP contribution >= 0.6 is 15.9 Å². The van der Waals surface area contributed by atoms with Gasteiger partial charge in [0.15, 0.2) is 0 Å². The summed E-state index contributed by atoms with van der Waals surface area (Å²) in [5, 5.41) is 12.8. The van der Waals surface area contributed by atoms with Crippen molar-refractivity contribution < 1.29 is 0 Å². The van der Waals surface area contributed by atoms with E-state index in [0.29, 0.717) is 17.6 Å². The van der Waals surface area contributed by atoms with E-state index in [-0.39, 0.29) is 0 Å². The lowest BCUT2D eigenvalue weighted by Crippen LogP contribution is -2.27. The SMILES string of the molecule is CN(C)c1nccc(NC2CCN(c3cc(Br)ccc3C#N)C2)n1. The summed E-state index contributed by atoms with van der Waals surface area (Å²) in [6, 6.07) is 10.2. The summed E-state index contributed by atoms with van der Waals surface area (Å²) in [5.74, 6) is 1.52. The van der Waals surface area contributed by atoms with Gasteiger partial charge in [0.2, 0.25) is 5.95 Å². The summed E-state index contributed by atoms with van der Waals surface area (Å²) < 4.78 is 0.985. The number of rotatable bonds is 4. The Balaban J connectivity index is 1.71. The van der Waals surface area contributed by atoms with E-state index < -0.39 is 0 Å². The number of benzene rings is 1. The Kier molecular flexibility index (Phi) is 4.86. The summed E-state index contributed by atoms with van der Waals surface area (Å²) in [6.07, 6.45) is 2.76. The maximum absolute atomic E-state index is 9.32. The molecular formula is C17H19BrN6. The number of hydrogen-bond donors (Lipinski definition) is 1. The van der Waals surface area contributed by atoms with Gasteiger partial charge in [-0.1, -0.05) is 15.9 Å². The fourth-order valence-corrected chi connectivity index (χ4v) is 3.16. The highest BCUT2D eigenvalue weighted by Gasteiger charge is 2.24. The van der Waals surface area contributed by atoms with Crippen molar-refractivity contribution in [3.8, 4) is 6.07 Å². The third kappa shape index (κ3) is 3.60. The van der Waals surface area contributed by atoms with E-state index in [1.165, 1.54) is 0 Å². The highest BCUT2D eigenvalue weighted by atomic mass is 79.9. The van der Waals surface area contributed by atoms with Gasteiger partial charge in [0.05, 0.1) is 11.3 Å². The molecule has 1 saturated heterocycles. The van der Waals surface area contributed by atoms with Crippen LogP contribution in [0.3, 0.4) is 0 Å². The van der Waals surface area contributed by atoms with Crippen LogP contribution in [0.4, 0.5) is 17.5 Å². The van der Waals surface area contributed by atoms with Crippen molar-refractivity contribution in [1.29, 1.82) is 5.26 Å². The molecule has 0 aliphatic carbocycles. The van der Waals surface area contributed by atoms with Gasteiger partial charge in [-0.05, 0) is 30.7 Å². The maximum atomic E-state index is 9.32. The fraction of sp³-hybridized carbons (Fsp3) is 0.353. The van der Waals surface area contributed by atoms with Crippen LogP contribution in [0.15, 0.2) is 34.9 Å². The molecule has 1 aliphatic rings. The predicted molar refractivity (Wildman–Crippen MR) is 99.5 cm³/mol. The van der Waals surface area contributed by atoms with E-state index in [0.717, 1.165) is 35.5 Å². The average molecular weight is 387 g/mol. The smallest absolute Gasteiger partial charge is 0.226 e. The second-order valence-corrected chi connectivity index (χ2v) is 6.90. The van der Waals surface area contributed by atoms with E-state index in [4.69, 9.17) is 0 Å². The van der Waals surface area contributed by atoms with Crippen molar-refractivity contribution in [3.05, 3.63) is 40.5 Å². The minimum absolute atomic E-state index is 0.292. The van der Waals surface area contributed by atoms with Crippen LogP contribution in [0.1, 0.15) is 12.0 Å². The Labute approximate surface area is 150 Å². The topological polar surface area (TPSA) is 68.1 Å². The van der Waals surface area contributed by atoms with Crippen LogP contribution in [-0.4, -0.2) is 43.2 Å². The Morgan fingerprint density at radius 2 is 2.21 bits per heavy atom. The van der Waals surface area contributed by atoms with Gasteiger partial charge >= 0.3 is 0 Å². The van der Waals surface area contributed by atoms with Crippen molar-refractivity contribution in [2.75, 3.05) is 42.3 Å². The van der Waals surface area contributed by atoms with Crippen molar-refractivity contribution in [2.45, 2.75) is 12.5 Å². The van der Waals surface area contributed by atoms with Crippen LogP contribution in [-0.2, 0) is 0 Å². The van der Waals surface area contributed by atoms with Gasteiger partial charge in [0.1, 0.15) is 11.9 Å². The number of nitriles is 1. The first kappa shape index (κ1) is 16.5. The minimum atomic E-state index is 0.292. The molecule has 1 N–H and O–H groups in total. The van der Waals surface area contributed by atoms with Gasteiger partial charge < -0.3 is 15.1 Å². The zero-order chi connectivity index (χ0) is 17.1. The van der Waals surface area contributed by atoms with E-state index >= 15 is 0 Å². The lowest BCUT2D eigenvalue weighted by atomic mass is 10.2.